The number of benzene rings is 1. The van der Waals surface area contributed by atoms with E-state index in [-0.39, 0.29) is 0 Å². The van der Waals surface area contributed by atoms with Gasteiger partial charge in [0, 0.05) is 29.9 Å². The Labute approximate surface area is 139 Å². The zero-order valence-corrected chi connectivity index (χ0v) is 14.2. The highest BCUT2D eigenvalue weighted by atomic mass is 35.5. The quantitative estimate of drug-likeness (QED) is 0.884. The zero-order valence-electron chi connectivity index (χ0n) is 11.9. The molecule has 2 aromatic rings. The van der Waals surface area contributed by atoms with E-state index >= 15 is 0 Å². The lowest BCUT2D eigenvalue weighted by atomic mass is 10.0. The molecule has 1 N–H and O–H groups in total. The molecule has 3 nitrogen and oxygen atoms in total. The smallest absolute Gasteiger partial charge is 0.0850 e. The minimum atomic E-state index is -0.582. The fourth-order valence-electron chi connectivity index (χ4n) is 2.28. The number of hydrogen-bond donors (Lipinski definition) is 1. The summed E-state index contributed by atoms with van der Waals surface area (Å²) in [4.78, 5) is 0. The lowest BCUT2D eigenvalue weighted by Crippen LogP contribution is -2.16. The molecule has 0 aliphatic heterocycles. The fourth-order valence-corrected chi connectivity index (χ4v) is 3.13. The second-order valence-corrected chi connectivity index (χ2v) is 6.20. The van der Waals surface area contributed by atoms with Crippen molar-refractivity contribution in [3.63, 3.8) is 0 Å². The van der Waals surface area contributed by atoms with E-state index in [1.54, 1.807) is 16.8 Å². The molecule has 21 heavy (non-hydrogen) atoms. The fraction of sp³-hybridized carbons (Fsp3) is 0.400. The Morgan fingerprint density at radius 1 is 1.24 bits per heavy atom. The van der Waals surface area contributed by atoms with E-state index in [1.165, 1.54) is 0 Å². The standard InChI is InChI=1S/C15H17Cl3N2O/c1-3-13-15(18)14(20(2)19-13)8-11(21)6-9-4-5-10(16)7-12(9)17/h4-5,7,11,21H,3,6,8H2,1-2H3. The molecule has 2 rings (SSSR count). The first-order valence-electron chi connectivity index (χ1n) is 6.74. The second-order valence-electron chi connectivity index (χ2n) is 4.98. The third-order valence-corrected chi connectivity index (χ3v) is 4.43. The largest absolute Gasteiger partial charge is 0.392 e. The summed E-state index contributed by atoms with van der Waals surface area (Å²) in [5.74, 6) is 0. The molecule has 0 amide bonds. The number of aliphatic hydroxyl groups excluding tert-OH is 1. The van der Waals surface area contributed by atoms with Crippen LogP contribution in [0.25, 0.3) is 0 Å². The van der Waals surface area contributed by atoms with Gasteiger partial charge in [-0.1, -0.05) is 47.8 Å². The normalized spacial score (nSPS) is 12.7. The molecule has 0 aliphatic carbocycles. The maximum absolute atomic E-state index is 10.3. The van der Waals surface area contributed by atoms with Crippen molar-refractivity contribution in [1.82, 2.24) is 9.78 Å². The minimum Gasteiger partial charge on any atom is -0.392 e. The van der Waals surface area contributed by atoms with Crippen molar-refractivity contribution in [2.45, 2.75) is 32.3 Å². The predicted molar refractivity (Wildman–Crippen MR) is 87.5 cm³/mol. The van der Waals surface area contributed by atoms with Gasteiger partial charge in [0.15, 0.2) is 0 Å². The molecule has 0 spiro atoms. The summed E-state index contributed by atoms with van der Waals surface area (Å²) >= 11 is 18.3. The van der Waals surface area contributed by atoms with Crippen LogP contribution in [0.1, 0.15) is 23.9 Å². The molecule has 0 fully saturated rings. The molecule has 0 saturated carbocycles. The van der Waals surface area contributed by atoms with Gasteiger partial charge in [0.25, 0.3) is 0 Å². The van der Waals surface area contributed by atoms with Crippen LogP contribution in [0.5, 0.6) is 0 Å². The third-order valence-electron chi connectivity index (χ3n) is 3.40. The molecular weight excluding hydrogens is 331 g/mol. The molecule has 0 radical (unpaired) electrons. The van der Waals surface area contributed by atoms with Crippen LogP contribution in [-0.4, -0.2) is 21.0 Å². The Bertz CT molecular complexity index is 640. The second kappa shape index (κ2) is 7.01. The number of halogens is 3. The summed E-state index contributed by atoms with van der Waals surface area (Å²) in [6.45, 7) is 2.00. The Balaban J connectivity index is 2.11. The summed E-state index contributed by atoms with van der Waals surface area (Å²) in [6, 6.07) is 5.27. The van der Waals surface area contributed by atoms with E-state index < -0.39 is 6.10 Å². The van der Waals surface area contributed by atoms with E-state index in [1.807, 2.05) is 20.0 Å². The van der Waals surface area contributed by atoms with Crippen molar-refractivity contribution in [3.05, 3.63) is 50.2 Å². The van der Waals surface area contributed by atoms with Crippen molar-refractivity contribution in [2.24, 2.45) is 7.05 Å². The van der Waals surface area contributed by atoms with Gasteiger partial charge < -0.3 is 5.11 Å². The van der Waals surface area contributed by atoms with Crippen molar-refractivity contribution in [3.8, 4) is 0 Å². The minimum absolute atomic E-state index is 0.432. The lowest BCUT2D eigenvalue weighted by molar-refractivity contribution is 0.173. The van der Waals surface area contributed by atoms with Gasteiger partial charge in [0.05, 0.1) is 22.5 Å². The average Bonchev–Trinajstić information content (AvgIpc) is 2.69. The number of rotatable bonds is 5. The molecule has 1 aromatic heterocycles. The van der Waals surface area contributed by atoms with Gasteiger partial charge in [-0.05, 0) is 24.1 Å². The van der Waals surface area contributed by atoms with Gasteiger partial charge in [0.1, 0.15) is 0 Å². The van der Waals surface area contributed by atoms with Crippen LogP contribution in [-0.2, 0) is 26.3 Å². The molecule has 1 unspecified atom stereocenters. The monoisotopic (exact) mass is 346 g/mol. The summed E-state index contributed by atoms with van der Waals surface area (Å²) in [5.41, 5.74) is 2.56. The van der Waals surface area contributed by atoms with Gasteiger partial charge in [-0.15, -0.1) is 0 Å². The number of aliphatic hydroxyl groups is 1. The number of hydrogen-bond acceptors (Lipinski definition) is 2. The van der Waals surface area contributed by atoms with Gasteiger partial charge >= 0.3 is 0 Å². The Hall–Kier alpha value is -0.740. The van der Waals surface area contributed by atoms with E-state index in [0.717, 1.165) is 23.4 Å². The van der Waals surface area contributed by atoms with Crippen molar-refractivity contribution in [1.29, 1.82) is 0 Å². The van der Waals surface area contributed by atoms with Crippen LogP contribution in [0.2, 0.25) is 15.1 Å². The number of aryl methyl sites for hydroxylation is 2. The Morgan fingerprint density at radius 3 is 2.52 bits per heavy atom. The first-order valence-corrected chi connectivity index (χ1v) is 7.88. The molecule has 6 heteroatoms. The third kappa shape index (κ3) is 3.92. The van der Waals surface area contributed by atoms with E-state index in [2.05, 4.69) is 5.10 Å². The molecule has 1 atom stereocenters. The topological polar surface area (TPSA) is 38.0 Å². The number of aromatic nitrogens is 2. The van der Waals surface area contributed by atoms with E-state index in [4.69, 9.17) is 34.8 Å². The first kappa shape index (κ1) is 16.6. The van der Waals surface area contributed by atoms with Gasteiger partial charge in [-0.25, -0.2) is 0 Å². The SMILES string of the molecule is CCc1nn(C)c(CC(O)Cc2ccc(Cl)cc2Cl)c1Cl. The summed E-state index contributed by atoms with van der Waals surface area (Å²) in [7, 11) is 1.84. The Morgan fingerprint density at radius 2 is 1.95 bits per heavy atom. The molecule has 0 saturated heterocycles. The van der Waals surface area contributed by atoms with Gasteiger partial charge in [0.2, 0.25) is 0 Å². The van der Waals surface area contributed by atoms with Crippen LogP contribution < -0.4 is 0 Å². The predicted octanol–water partition coefficient (Wildman–Crippen LogP) is 4.09. The summed E-state index contributed by atoms with van der Waals surface area (Å²) < 4.78 is 1.73. The van der Waals surface area contributed by atoms with Crippen molar-refractivity contribution in [2.75, 3.05) is 0 Å². The molecular formula is C15H17Cl3N2O. The van der Waals surface area contributed by atoms with Gasteiger partial charge in [-0.3, -0.25) is 4.68 Å². The molecule has 1 aromatic carbocycles. The van der Waals surface area contributed by atoms with Crippen LogP contribution >= 0.6 is 34.8 Å². The van der Waals surface area contributed by atoms with Crippen molar-refractivity contribution >= 4 is 34.8 Å². The molecule has 0 bridgehead atoms. The van der Waals surface area contributed by atoms with Crippen molar-refractivity contribution < 1.29 is 5.11 Å². The molecule has 114 valence electrons. The maximum atomic E-state index is 10.3. The van der Waals surface area contributed by atoms with Crippen LogP contribution in [0.3, 0.4) is 0 Å². The van der Waals surface area contributed by atoms with E-state index in [0.29, 0.717) is 27.9 Å². The highest BCUT2D eigenvalue weighted by Gasteiger charge is 2.17. The summed E-state index contributed by atoms with van der Waals surface area (Å²) in [6.07, 6.45) is 1.06. The van der Waals surface area contributed by atoms with Crippen LogP contribution in [0, 0.1) is 0 Å². The van der Waals surface area contributed by atoms with E-state index in [9.17, 15) is 5.11 Å². The average molecular weight is 348 g/mol. The van der Waals surface area contributed by atoms with Crippen LogP contribution in [0.15, 0.2) is 18.2 Å². The molecule has 0 aliphatic rings. The first-order chi connectivity index (χ1) is 9.92. The van der Waals surface area contributed by atoms with Crippen LogP contribution in [0.4, 0.5) is 0 Å². The van der Waals surface area contributed by atoms with Gasteiger partial charge in [-0.2, -0.15) is 5.10 Å². The highest BCUT2D eigenvalue weighted by molar-refractivity contribution is 6.35. The Kier molecular flexibility index (Phi) is 5.55. The highest BCUT2D eigenvalue weighted by Crippen LogP contribution is 2.25. The molecule has 1 heterocycles. The maximum Gasteiger partial charge on any atom is 0.0850 e. The number of nitrogens with zero attached hydrogens (tertiary/aromatic N) is 2. The lowest BCUT2D eigenvalue weighted by Gasteiger charge is -2.12. The zero-order chi connectivity index (χ0) is 15.6. The summed E-state index contributed by atoms with van der Waals surface area (Å²) in [5, 5.41) is 16.4.